The summed E-state index contributed by atoms with van der Waals surface area (Å²) < 4.78 is 39.7. The minimum atomic E-state index is -4.57. The molecule has 3 rings (SSSR count). The fourth-order valence-electron chi connectivity index (χ4n) is 2.43. The van der Waals surface area contributed by atoms with Gasteiger partial charge in [-0.05, 0) is 20.8 Å². The SMILES string of the molecule is CC(C)(C)N1Cc2cnn(-c3ccnc(C(F)(F)F)n3)c2C1. The summed E-state index contributed by atoms with van der Waals surface area (Å²) in [6, 6.07) is 1.43. The summed E-state index contributed by atoms with van der Waals surface area (Å²) in [4.78, 5) is 9.12. The topological polar surface area (TPSA) is 46.8 Å². The Balaban J connectivity index is 1.97. The van der Waals surface area contributed by atoms with Crippen LogP contribution in [0.4, 0.5) is 13.2 Å². The Kier molecular flexibility index (Phi) is 3.24. The number of fused-ring (bicyclic) bond motifs is 1. The molecule has 2 aromatic rings. The zero-order valence-corrected chi connectivity index (χ0v) is 12.5. The lowest BCUT2D eigenvalue weighted by molar-refractivity contribution is -0.145. The van der Waals surface area contributed by atoms with Crippen LogP contribution in [0.3, 0.4) is 0 Å². The van der Waals surface area contributed by atoms with Crippen LogP contribution in [0.5, 0.6) is 0 Å². The molecule has 1 aliphatic heterocycles. The molecule has 0 saturated carbocycles. The fourth-order valence-corrected chi connectivity index (χ4v) is 2.43. The Bertz CT molecular complexity index is 699. The van der Waals surface area contributed by atoms with Crippen molar-refractivity contribution in [3.63, 3.8) is 0 Å². The van der Waals surface area contributed by atoms with Gasteiger partial charge in [0.1, 0.15) is 0 Å². The second-order valence-corrected chi connectivity index (χ2v) is 6.29. The third-order valence-electron chi connectivity index (χ3n) is 3.72. The zero-order valence-electron chi connectivity index (χ0n) is 12.5. The summed E-state index contributed by atoms with van der Waals surface area (Å²) in [5, 5.41) is 4.18. The van der Waals surface area contributed by atoms with Gasteiger partial charge < -0.3 is 0 Å². The molecule has 0 spiro atoms. The number of rotatable bonds is 1. The highest BCUT2D eigenvalue weighted by molar-refractivity contribution is 5.31. The van der Waals surface area contributed by atoms with Gasteiger partial charge in [0, 0.05) is 36.5 Å². The van der Waals surface area contributed by atoms with Gasteiger partial charge in [-0.25, -0.2) is 14.6 Å². The third-order valence-corrected chi connectivity index (χ3v) is 3.72. The Hall–Kier alpha value is -1.96. The Morgan fingerprint density at radius 2 is 1.86 bits per heavy atom. The van der Waals surface area contributed by atoms with Crippen LogP contribution >= 0.6 is 0 Å². The second kappa shape index (κ2) is 4.77. The van der Waals surface area contributed by atoms with E-state index in [1.165, 1.54) is 10.7 Å². The molecule has 0 amide bonds. The molecule has 0 radical (unpaired) electrons. The van der Waals surface area contributed by atoms with Gasteiger partial charge in [-0.2, -0.15) is 18.3 Å². The summed E-state index contributed by atoms with van der Waals surface area (Å²) >= 11 is 0. The lowest BCUT2D eigenvalue weighted by Crippen LogP contribution is -2.37. The highest BCUT2D eigenvalue weighted by atomic mass is 19.4. The highest BCUT2D eigenvalue weighted by Gasteiger charge is 2.36. The van der Waals surface area contributed by atoms with Gasteiger partial charge in [0.05, 0.1) is 11.9 Å². The molecule has 0 aromatic carbocycles. The minimum Gasteiger partial charge on any atom is -0.288 e. The van der Waals surface area contributed by atoms with E-state index in [1.54, 1.807) is 6.20 Å². The molecule has 5 nitrogen and oxygen atoms in total. The summed E-state index contributed by atoms with van der Waals surface area (Å²) in [7, 11) is 0. The molecule has 22 heavy (non-hydrogen) atoms. The number of halogens is 3. The molecule has 0 atom stereocenters. The molecule has 0 N–H and O–H groups in total. The standard InChI is InChI=1S/C14H16F3N5/c1-13(2,3)21-7-9-6-19-22(10(9)8-21)11-4-5-18-12(20-11)14(15,16)17/h4-6H,7-8H2,1-3H3. The second-order valence-electron chi connectivity index (χ2n) is 6.29. The number of hydrogen-bond donors (Lipinski definition) is 0. The van der Waals surface area contributed by atoms with E-state index in [-0.39, 0.29) is 11.4 Å². The van der Waals surface area contributed by atoms with Crippen molar-refractivity contribution in [3.05, 3.63) is 35.5 Å². The van der Waals surface area contributed by atoms with Crippen LogP contribution in [-0.4, -0.2) is 30.2 Å². The van der Waals surface area contributed by atoms with Crippen LogP contribution in [0.25, 0.3) is 5.82 Å². The first-order valence-electron chi connectivity index (χ1n) is 6.88. The quantitative estimate of drug-likeness (QED) is 0.812. The van der Waals surface area contributed by atoms with E-state index in [0.29, 0.717) is 6.54 Å². The maximum atomic E-state index is 12.7. The number of hydrogen-bond acceptors (Lipinski definition) is 4. The van der Waals surface area contributed by atoms with Gasteiger partial charge >= 0.3 is 6.18 Å². The first-order chi connectivity index (χ1) is 10.2. The highest BCUT2D eigenvalue weighted by Crippen LogP contribution is 2.31. The van der Waals surface area contributed by atoms with Crippen molar-refractivity contribution >= 4 is 0 Å². The van der Waals surface area contributed by atoms with Crippen molar-refractivity contribution in [2.24, 2.45) is 0 Å². The molecule has 8 heteroatoms. The predicted octanol–water partition coefficient (Wildman–Crippen LogP) is 2.80. The zero-order chi connectivity index (χ0) is 16.1. The molecule has 2 aromatic heterocycles. The molecule has 0 unspecified atom stereocenters. The number of alkyl halides is 3. The molecule has 0 aliphatic carbocycles. The first-order valence-corrected chi connectivity index (χ1v) is 6.88. The molecule has 118 valence electrons. The maximum Gasteiger partial charge on any atom is 0.451 e. The molecule has 1 aliphatic rings. The average molecular weight is 311 g/mol. The van der Waals surface area contributed by atoms with E-state index in [2.05, 4.69) is 40.7 Å². The van der Waals surface area contributed by atoms with E-state index in [9.17, 15) is 13.2 Å². The summed E-state index contributed by atoms with van der Waals surface area (Å²) in [5.41, 5.74) is 1.87. The normalized spacial score (nSPS) is 16.1. The summed E-state index contributed by atoms with van der Waals surface area (Å²) in [6.45, 7) is 7.66. The Morgan fingerprint density at radius 1 is 1.14 bits per heavy atom. The van der Waals surface area contributed by atoms with Gasteiger partial charge in [0.2, 0.25) is 5.82 Å². The van der Waals surface area contributed by atoms with Crippen molar-refractivity contribution in [2.45, 2.75) is 45.6 Å². The summed E-state index contributed by atoms with van der Waals surface area (Å²) in [5.74, 6) is -1.01. The van der Waals surface area contributed by atoms with E-state index in [4.69, 9.17) is 0 Å². The average Bonchev–Trinajstić information content (AvgIpc) is 2.96. The molecule has 0 bridgehead atoms. The van der Waals surface area contributed by atoms with E-state index in [1.807, 2.05) is 0 Å². The van der Waals surface area contributed by atoms with Crippen LogP contribution in [0, 0.1) is 0 Å². The minimum absolute atomic E-state index is 0.0212. The van der Waals surface area contributed by atoms with Crippen LogP contribution in [-0.2, 0) is 19.3 Å². The van der Waals surface area contributed by atoms with Crippen molar-refractivity contribution < 1.29 is 13.2 Å². The van der Waals surface area contributed by atoms with E-state index in [0.717, 1.165) is 24.0 Å². The van der Waals surface area contributed by atoms with Crippen molar-refractivity contribution in [1.29, 1.82) is 0 Å². The van der Waals surface area contributed by atoms with Gasteiger partial charge in [0.25, 0.3) is 0 Å². The van der Waals surface area contributed by atoms with Gasteiger partial charge in [-0.3, -0.25) is 4.90 Å². The molecule has 0 saturated heterocycles. The lowest BCUT2D eigenvalue weighted by Gasteiger charge is -2.31. The van der Waals surface area contributed by atoms with Crippen LogP contribution in [0.2, 0.25) is 0 Å². The monoisotopic (exact) mass is 311 g/mol. The van der Waals surface area contributed by atoms with Gasteiger partial charge in [-0.1, -0.05) is 0 Å². The molecular formula is C14H16F3N5. The molecule has 3 heterocycles. The molecular weight excluding hydrogens is 295 g/mol. The Morgan fingerprint density at radius 3 is 2.50 bits per heavy atom. The van der Waals surface area contributed by atoms with Gasteiger partial charge in [0.15, 0.2) is 5.82 Å². The largest absolute Gasteiger partial charge is 0.451 e. The van der Waals surface area contributed by atoms with Crippen LogP contribution in [0.1, 0.15) is 37.9 Å². The first kappa shape index (κ1) is 15.0. The van der Waals surface area contributed by atoms with Crippen molar-refractivity contribution in [3.8, 4) is 5.82 Å². The number of nitrogens with zero attached hydrogens (tertiary/aromatic N) is 5. The maximum absolute atomic E-state index is 12.7. The van der Waals surface area contributed by atoms with Crippen LogP contribution < -0.4 is 0 Å². The van der Waals surface area contributed by atoms with E-state index >= 15 is 0 Å². The third kappa shape index (κ3) is 2.58. The van der Waals surface area contributed by atoms with Crippen molar-refractivity contribution in [2.75, 3.05) is 0 Å². The predicted molar refractivity (Wildman–Crippen MR) is 73.2 cm³/mol. The van der Waals surface area contributed by atoms with Gasteiger partial charge in [-0.15, -0.1) is 0 Å². The molecule has 0 fully saturated rings. The fraction of sp³-hybridized carbons (Fsp3) is 0.500. The van der Waals surface area contributed by atoms with Crippen LogP contribution in [0.15, 0.2) is 18.5 Å². The lowest BCUT2D eigenvalue weighted by atomic mass is 10.1. The number of aromatic nitrogens is 4. The smallest absolute Gasteiger partial charge is 0.288 e. The Labute approximate surface area is 125 Å². The summed E-state index contributed by atoms with van der Waals surface area (Å²) in [6.07, 6.45) is -1.77. The van der Waals surface area contributed by atoms with E-state index < -0.39 is 12.0 Å². The van der Waals surface area contributed by atoms with Crippen molar-refractivity contribution in [1.82, 2.24) is 24.6 Å².